The quantitative estimate of drug-likeness (QED) is 0.787. The zero-order chi connectivity index (χ0) is 18.9. The standard InChI is InChI=1S/C21H26N2O3/c1-16(2)23(14-8-10-17-9-5-6-13-20(17)26-4)21(24)22-18-11-7-12-19(15-18)25-3/h5-13,15-16H,14H2,1-4H3,(H,22,24)/b10-8+. The molecule has 2 aromatic rings. The number of anilines is 1. The van der Waals surface area contributed by atoms with Gasteiger partial charge in [-0.05, 0) is 32.0 Å². The topological polar surface area (TPSA) is 50.8 Å². The van der Waals surface area contributed by atoms with Crippen LogP contribution < -0.4 is 14.8 Å². The van der Waals surface area contributed by atoms with Crippen LogP contribution in [0, 0.1) is 0 Å². The maximum Gasteiger partial charge on any atom is 0.322 e. The zero-order valence-corrected chi connectivity index (χ0v) is 15.7. The van der Waals surface area contributed by atoms with Gasteiger partial charge < -0.3 is 19.7 Å². The monoisotopic (exact) mass is 354 g/mol. The number of nitrogens with one attached hydrogen (secondary N) is 1. The number of carbonyl (C=O) groups is 1. The van der Waals surface area contributed by atoms with E-state index in [4.69, 9.17) is 9.47 Å². The molecule has 0 aliphatic carbocycles. The van der Waals surface area contributed by atoms with Gasteiger partial charge in [-0.25, -0.2) is 4.79 Å². The number of para-hydroxylation sites is 1. The molecule has 0 heterocycles. The van der Waals surface area contributed by atoms with Crippen LogP contribution in [0.15, 0.2) is 54.6 Å². The molecule has 0 saturated carbocycles. The van der Waals surface area contributed by atoms with Crippen LogP contribution in [0.4, 0.5) is 10.5 Å². The van der Waals surface area contributed by atoms with E-state index in [1.165, 1.54) is 0 Å². The molecule has 5 nitrogen and oxygen atoms in total. The summed E-state index contributed by atoms with van der Waals surface area (Å²) in [6.07, 6.45) is 3.93. The Balaban J connectivity index is 2.05. The number of amides is 2. The summed E-state index contributed by atoms with van der Waals surface area (Å²) < 4.78 is 10.5. The Bertz CT molecular complexity index is 756. The third-order valence-corrected chi connectivity index (χ3v) is 3.94. The van der Waals surface area contributed by atoms with Gasteiger partial charge in [0.15, 0.2) is 0 Å². The number of hydrogen-bond acceptors (Lipinski definition) is 3. The summed E-state index contributed by atoms with van der Waals surface area (Å²) >= 11 is 0. The van der Waals surface area contributed by atoms with Gasteiger partial charge in [-0.3, -0.25) is 0 Å². The number of urea groups is 1. The number of carbonyl (C=O) groups excluding carboxylic acids is 1. The van der Waals surface area contributed by atoms with Crippen LogP contribution in [0.2, 0.25) is 0 Å². The Morgan fingerprint density at radius 3 is 2.58 bits per heavy atom. The van der Waals surface area contributed by atoms with Crippen LogP contribution in [0.5, 0.6) is 11.5 Å². The number of hydrogen-bond donors (Lipinski definition) is 1. The van der Waals surface area contributed by atoms with E-state index in [0.717, 1.165) is 11.3 Å². The number of nitrogens with zero attached hydrogens (tertiary/aromatic N) is 1. The lowest BCUT2D eigenvalue weighted by molar-refractivity contribution is 0.204. The van der Waals surface area contributed by atoms with E-state index in [2.05, 4.69) is 5.32 Å². The Hall–Kier alpha value is -2.95. The second kappa shape index (κ2) is 9.51. The van der Waals surface area contributed by atoms with Crippen LogP contribution in [-0.2, 0) is 0 Å². The minimum absolute atomic E-state index is 0.0583. The average molecular weight is 354 g/mol. The smallest absolute Gasteiger partial charge is 0.322 e. The summed E-state index contributed by atoms with van der Waals surface area (Å²) in [5.41, 5.74) is 1.68. The molecule has 2 amide bonds. The molecule has 0 aliphatic rings. The third kappa shape index (κ3) is 5.28. The molecule has 5 heteroatoms. The third-order valence-electron chi connectivity index (χ3n) is 3.94. The summed E-state index contributed by atoms with van der Waals surface area (Å²) in [4.78, 5) is 14.4. The van der Waals surface area contributed by atoms with Crippen molar-refractivity contribution in [2.24, 2.45) is 0 Å². The molecule has 0 spiro atoms. The maximum atomic E-state index is 12.6. The molecule has 0 atom stereocenters. The van der Waals surface area contributed by atoms with Gasteiger partial charge >= 0.3 is 6.03 Å². The molecule has 0 bridgehead atoms. The van der Waals surface area contributed by atoms with Crippen LogP contribution in [-0.4, -0.2) is 37.7 Å². The van der Waals surface area contributed by atoms with E-state index < -0.39 is 0 Å². The van der Waals surface area contributed by atoms with Crippen molar-refractivity contribution in [3.63, 3.8) is 0 Å². The van der Waals surface area contributed by atoms with Crippen molar-refractivity contribution in [3.8, 4) is 11.5 Å². The van der Waals surface area contributed by atoms with Crippen LogP contribution in [0.1, 0.15) is 19.4 Å². The van der Waals surface area contributed by atoms with Crippen LogP contribution in [0.3, 0.4) is 0 Å². The van der Waals surface area contributed by atoms with E-state index in [1.54, 1.807) is 25.2 Å². The van der Waals surface area contributed by atoms with Crippen molar-refractivity contribution < 1.29 is 14.3 Å². The predicted molar refractivity (Wildman–Crippen MR) is 106 cm³/mol. The lowest BCUT2D eigenvalue weighted by atomic mass is 10.2. The molecule has 2 rings (SSSR count). The average Bonchev–Trinajstić information content (AvgIpc) is 2.65. The summed E-state index contributed by atoms with van der Waals surface area (Å²) in [5.74, 6) is 1.51. The number of ether oxygens (including phenoxy) is 2. The van der Waals surface area contributed by atoms with Crippen LogP contribution in [0.25, 0.3) is 6.08 Å². The fourth-order valence-corrected chi connectivity index (χ4v) is 2.52. The first-order valence-electron chi connectivity index (χ1n) is 8.56. The lowest BCUT2D eigenvalue weighted by Crippen LogP contribution is -2.40. The molecular weight excluding hydrogens is 328 g/mol. The molecule has 1 N–H and O–H groups in total. The summed E-state index contributed by atoms with van der Waals surface area (Å²) in [5, 5.41) is 2.92. The molecule has 0 aromatic heterocycles. The molecule has 138 valence electrons. The van der Waals surface area contributed by atoms with Gasteiger partial charge in [-0.15, -0.1) is 0 Å². The van der Waals surface area contributed by atoms with Gasteiger partial charge in [0.05, 0.1) is 14.2 Å². The van der Waals surface area contributed by atoms with Crippen molar-refractivity contribution in [2.45, 2.75) is 19.9 Å². The largest absolute Gasteiger partial charge is 0.497 e. The molecule has 26 heavy (non-hydrogen) atoms. The van der Waals surface area contributed by atoms with E-state index >= 15 is 0 Å². The number of methoxy groups -OCH3 is 2. The minimum Gasteiger partial charge on any atom is -0.497 e. The lowest BCUT2D eigenvalue weighted by Gasteiger charge is -2.25. The zero-order valence-electron chi connectivity index (χ0n) is 15.7. The summed E-state index contributed by atoms with van der Waals surface area (Å²) in [6, 6.07) is 15.0. The molecule has 0 radical (unpaired) electrons. The Morgan fingerprint density at radius 1 is 1.12 bits per heavy atom. The van der Waals surface area contributed by atoms with E-state index in [0.29, 0.717) is 18.0 Å². The SMILES string of the molecule is COc1cccc(NC(=O)N(C/C=C/c2ccccc2OC)C(C)C)c1. The summed E-state index contributed by atoms with van der Waals surface area (Å²) in [6.45, 7) is 4.47. The molecule has 2 aromatic carbocycles. The highest BCUT2D eigenvalue weighted by Crippen LogP contribution is 2.19. The van der Waals surface area contributed by atoms with Gasteiger partial charge in [-0.1, -0.05) is 36.4 Å². The second-order valence-electron chi connectivity index (χ2n) is 6.05. The van der Waals surface area contributed by atoms with Gasteiger partial charge in [-0.2, -0.15) is 0 Å². The predicted octanol–water partition coefficient (Wildman–Crippen LogP) is 4.66. The van der Waals surface area contributed by atoms with Gasteiger partial charge in [0.2, 0.25) is 0 Å². The highest BCUT2D eigenvalue weighted by atomic mass is 16.5. The van der Waals surface area contributed by atoms with E-state index in [1.807, 2.05) is 68.5 Å². The first kappa shape index (κ1) is 19.4. The molecule has 0 unspecified atom stereocenters. The van der Waals surface area contributed by atoms with Crippen molar-refractivity contribution in [1.29, 1.82) is 0 Å². The van der Waals surface area contributed by atoms with Crippen molar-refractivity contribution >= 4 is 17.8 Å². The first-order chi connectivity index (χ1) is 12.5. The van der Waals surface area contributed by atoms with Gasteiger partial charge in [0, 0.05) is 29.9 Å². The van der Waals surface area contributed by atoms with Crippen molar-refractivity contribution in [3.05, 3.63) is 60.2 Å². The molecular formula is C21H26N2O3. The first-order valence-corrected chi connectivity index (χ1v) is 8.56. The van der Waals surface area contributed by atoms with Gasteiger partial charge in [0.25, 0.3) is 0 Å². The van der Waals surface area contributed by atoms with E-state index in [-0.39, 0.29) is 12.1 Å². The highest BCUT2D eigenvalue weighted by Gasteiger charge is 2.15. The fraction of sp³-hybridized carbons (Fsp3) is 0.286. The van der Waals surface area contributed by atoms with Crippen molar-refractivity contribution in [1.82, 2.24) is 4.90 Å². The molecule has 0 aliphatic heterocycles. The minimum atomic E-state index is -0.155. The Labute approximate surface area is 155 Å². The fourth-order valence-electron chi connectivity index (χ4n) is 2.52. The highest BCUT2D eigenvalue weighted by molar-refractivity contribution is 5.89. The molecule has 0 saturated heterocycles. The van der Waals surface area contributed by atoms with E-state index in [9.17, 15) is 4.79 Å². The Kier molecular flexibility index (Phi) is 7.09. The van der Waals surface area contributed by atoms with Crippen molar-refractivity contribution in [2.75, 3.05) is 26.1 Å². The maximum absolute atomic E-state index is 12.6. The number of rotatable bonds is 7. The second-order valence-corrected chi connectivity index (χ2v) is 6.05. The Morgan fingerprint density at radius 2 is 1.88 bits per heavy atom. The van der Waals surface area contributed by atoms with Crippen LogP contribution >= 0.6 is 0 Å². The van der Waals surface area contributed by atoms with Gasteiger partial charge in [0.1, 0.15) is 11.5 Å². The molecule has 0 fully saturated rings. The normalized spacial score (nSPS) is 10.8. The summed E-state index contributed by atoms with van der Waals surface area (Å²) in [7, 11) is 3.25. The number of benzene rings is 2.